The molecule has 0 aromatic carbocycles. The number of nitrogens with one attached hydrogen (secondary N) is 2. The number of nitrogens with zero attached hydrogens (tertiary/aromatic N) is 5. The second kappa shape index (κ2) is 10.1. The number of alkyl halides is 1. The van der Waals surface area contributed by atoms with Gasteiger partial charge in [-0.05, 0) is 50.3 Å². The molecular formula is C21H28FN7OS. The van der Waals surface area contributed by atoms with Crippen molar-refractivity contribution < 1.29 is 9.18 Å². The average molecular weight is 446 g/mol. The quantitative estimate of drug-likeness (QED) is 0.661. The van der Waals surface area contributed by atoms with E-state index in [4.69, 9.17) is 0 Å². The van der Waals surface area contributed by atoms with Crippen molar-refractivity contribution in [2.24, 2.45) is 4.99 Å². The number of pyridine rings is 1. The van der Waals surface area contributed by atoms with Crippen molar-refractivity contribution in [3.8, 4) is 0 Å². The molecule has 2 atom stereocenters. The zero-order valence-corrected chi connectivity index (χ0v) is 19.0. The number of aromatic nitrogens is 3. The Kier molecular flexibility index (Phi) is 7.45. The highest BCUT2D eigenvalue weighted by atomic mass is 32.1. The summed E-state index contributed by atoms with van der Waals surface area (Å²) in [5, 5.41) is 15.6. The third-order valence-corrected chi connectivity index (χ3v) is 5.82. The Hall–Kier alpha value is -2.72. The van der Waals surface area contributed by atoms with E-state index in [0.717, 1.165) is 16.1 Å². The summed E-state index contributed by atoms with van der Waals surface area (Å²) in [7, 11) is 0. The van der Waals surface area contributed by atoms with Crippen molar-refractivity contribution in [1.82, 2.24) is 25.4 Å². The summed E-state index contributed by atoms with van der Waals surface area (Å²) in [5.74, 6) is 0.386. The molecular weight excluding hydrogens is 417 g/mol. The molecule has 1 aliphatic heterocycles. The molecule has 0 unspecified atom stereocenters. The van der Waals surface area contributed by atoms with Crippen molar-refractivity contribution in [3.05, 3.63) is 33.4 Å². The molecule has 166 valence electrons. The maximum atomic E-state index is 14.5. The fraction of sp³-hybridized carbons (Fsp3) is 0.476. The molecule has 2 aromatic heterocycles. The molecule has 8 nitrogen and oxygen atoms in total. The summed E-state index contributed by atoms with van der Waals surface area (Å²) < 4.78 is 14.5. The molecule has 0 bridgehead atoms. The summed E-state index contributed by atoms with van der Waals surface area (Å²) in [6.45, 7) is 11.9. The van der Waals surface area contributed by atoms with E-state index in [-0.39, 0.29) is 24.7 Å². The van der Waals surface area contributed by atoms with E-state index in [0.29, 0.717) is 29.5 Å². The molecule has 3 rings (SSSR count). The minimum Gasteiger partial charge on any atom is -0.321 e. The number of aliphatic imine (C=N–C) groups is 1. The van der Waals surface area contributed by atoms with Crippen molar-refractivity contribution in [2.75, 3.05) is 18.4 Å². The second-order valence-electron chi connectivity index (χ2n) is 7.85. The van der Waals surface area contributed by atoms with Crippen LogP contribution in [0.25, 0.3) is 11.8 Å². The zero-order valence-electron chi connectivity index (χ0n) is 18.2. The Labute approximate surface area is 185 Å². The molecule has 31 heavy (non-hydrogen) atoms. The summed E-state index contributed by atoms with van der Waals surface area (Å²) in [5.41, 5.74) is 2.32. The Bertz CT molecular complexity index is 974. The lowest BCUT2D eigenvalue weighted by molar-refractivity contribution is 0.119. The first-order valence-corrected chi connectivity index (χ1v) is 11.0. The van der Waals surface area contributed by atoms with Gasteiger partial charge in [0.2, 0.25) is 0 Å². The van der Waals surface area contributed by atoms with Crippen LogP contribution in [0.3, 0.4) is 0 Å². The first-order chi connectivity index (χ1) is 14.8. The van der Waals surface area contributed by atoms with Gasteiger partial charge in [0, 0.05) is 24.8 Å². The van der Waals surface area contributed by atoms with Crippen molar-refractivity contribution in [3.63, 3.8) is 0 Å². The van der Waals surface area contributed by atoms with Crippen LogP contribution >= 0.6 is 11.3 Å². The highest BCUT2D eigenvalue weighted by molar-refractivity contribution is 7.12. The number of hydrogen-bond acceptors (Lipinski definition) is 7. The van der Waals surface area contributed by atoms with Gasteiger partial charge in [-0.2, -0.15) is 0 Å². The predicted molar refractivity (Wildman–Crippen MR) is 123 cm³/mol. The van der Waals surface area contributed by atoms with Crippen LogP contribution in [0.15, 0.2) is 17.3 Å². The lowest BCUT2D eigenvalue weighted by Gasteiger charge is -2.35. The van der Waals surface area contributed by atoms with Gasteiger partial charge in [0.05, 0.1) is 6.54 Å². The Morgan fingerprint density at radius 3 is 2.81 bits per heavy atom. The monoisotopic (exact) mass is 445 g/mol. The van der Waals surface area contributed by atoms with Crippen LogP contribution in [0.4, 0.5) is 15.0 Å². The number of hydrogen-bond donors (Lipinski definition) is 2. The van der Waals surface area contributed by atoms with E-state index in [2.05, 4.69) is 37.5 Å². The van der Waals surface area contributed by atoms with E-state index in [9.17, 15) is 9.18 Å². The number of anilines is 1. The molecule has 3 heterocycles. The normalized spacial score (nSPS) is 19.5. The molecule has 10 heteroatoms. The SMILES string of the molecule is C=N/C(=C\c1cc(NC(=O)N2CC[C@H](NC(C)C)[C@H](F)C2)ncc1C)c1nnc(C)s1. The van der Waals surface area contributed by atoms with Crippen molar-refractivity contribution >= 4 is 41.7 Å². The minimum atomic E-state index is -1.11. The van der Waals surface area contributed by atoms with E-state index >= 15 is 0 Å². The standard InChI is InChI=1S/C21H28FN7OS/c1-12(2)25-17-6-7-29(11-16(17)22)21(30)26-19-9-15(13(3)10-24-19)8-18(23-5)20-28-27-14(4)31-20/h8-10,12,16-17,25H,5-7,11H2,1-4H3,(H,24,26,30)/b18-8-/t16-,17+/m1/s1. The number of carbonyl (C=O) groups excluding carboxylic acids is 1. The molecule has 1 fully saturated rings. The second-order valence-corrected chi connectivity index (χ2v) is 9.03. The number of piperidine rings is 1. The first kappa shape index (κ1) is 23.0. The number of halogens is 1. The first-order valence-electron chi connectivity index (χ1n) is 10.2. The predicted octanol–water partition coefficient (Wildman–Crippen LogP) is 3.69. The van der Waals surface area contributed by atoms with Gasteiger partial charge < -0.3 is 10.2 Å². The summed E-state index contributed by atoms with van der Waals surface area (Å²) in [6, 6.07) is 1.36. The molecule has 0 saturated carbocycles. The molecule has 2 aromatic rings. The molecule has 2 amide bonds. The lowest BCUT2D eigenvalue weighted by Crippen LogP contribution is -2.54. The smallest absolute Gasteiger partial charge is 0.321 e. The topological polar surface area (TPSA) is 95.4 Å². The molecule has 1 aliphatic rings. The number of aryl methyl sites for hydroxylation is 2. The van der Waals surface area contributed by atoms with Crippen molar-refractivity contribution in [1.29, 1.82) is 0 Å². The van der Waals surface area contributed by atoms with Gasteiger partial charge in [0.25, 0.3) is 0 Å². The van der Waals surface area contributed by atoms with Crippen LogP contribution in [0, 0.1) is 13.8 Å². The number of carbonyl (C=O) groups is 1. The lowest BCUT2D eigenvalue weighted by atomic mass is 10.0. The average Bonchev–Trinajstić information content (AvgIpc) is 3.15. The van der Waals surface area contributed by atoms with Crippen LogP contribution in [-0.4, -0.2) is 64.2 Å². The van der Waals surface area contributed by atoms with Gasteiger partial charge in [-0.15, -0.1) is 10.2 Å². The van der Waals surface area contributed by atoms with Crippen molar-refractivity contribution in [2.45, 2.75) is 52.4 Å². The fourth-order valence-corrected chi connectivity index (χ4v) is 4.05. The summed E-state index contributed by atoms with van der Waals surface area (Å²) >= 11 is 1.43. The fourth-order valence-electron chi connectivity index (χ4n) is 3.38. The van der Waals surface area contributed by atoms with E-state index < -0.39 is 6.17 Å². The third kappa shape index (κ3) is 5.92. The van der Waals surface area contributed by atoms with Gasteiger partial charge in [0.1, 0.15) is 22.7 Å². The van der Waals surface area contributed by atoms with Gasteiger partial charge >= 0.3 is 6.03 Å². The van der Waals surface area contributed by atoms with Gasteiger partial charge in [0.15, 0.2) is 5.01 Å². The molecule has 2 N–H and O–H groups in total. The van der Waals surface area contributed by atoms with Crippen LogP contribution < -0.4 is 10.6 Å². The Morgan fingerprint density at radius 2 is 2.19 bits per heavy atom. The van der Waals surface area contributed by atoms with Gasteiger partial charge in [-0.1, -0.05) is 25.2 Å². The van der Waals surface area contributed by atoms with Gasteiger partial charge in [-0.25, -0.2) is 14.2 Å². The summed E-state index contributed by atoms with van der Waals surface area (Å²) in [6.07, 6.45) is 2.96. The van der Waals surface area contributed by atoms with Crippen LogP contribution in [0.1, 0.15) is 41.4 Å². The molecule has 0 aliphatic carbocycles. The van der Waals surface area contributed by atoms with E-state index in [1.165, 1.54) is 16.2 Å². The third-order valence-electron chi connectivity index (χ3n) is 4.96. The summed E-state index contributed by atoms with van der Waals surface area (Å²) in [4.78, 5) is 22.5. The van der Waals surface area contributed by atoms with Crippen LogP contribution in [0.5, 0.6) is 0 Å². The zero-order chi connectivity index (χ0) is 22.5. The van der Waals surface area contributed by atoms with Crippen LogP contribution in [0.2, 0.25) is 0 Å². The molecule has 1 saturated heterocycles. The number of rotatable bonds is 6. The van der Waals surface area contributed by atoms with Gasteiger partial charge in [-0.3, -0.25) is 10.3 Å². The maximum Gasteiger partial charge on any atom is 0.323 e. The number of amides is 2. The Morgan fingerprint density at radius 1 is 1.42 bits per heavy atom. The highest BCUT2D eigenvalue weighted by Crippen LogP contribution is 2.25. The molecule has 0 spiro atoms. The number of urea groups is 1. The largest absolute Gasteiger partial charge is 0.323 e. The van der Waals surface area contributed by atoms with Crippen LogP contribution in [-0.2, 0) is 0 Å². The maximum absolute atomic E-state index is 14.5. The minimum absolute atomic E-state index is 0.0514. The number of likely N-dealkylation sites (tertiary alicyclic amines) is 1. The van der Waals surface area contributed by atoms with E-state index in [1.54, 1.807) is 12.3 Å². The Balaban J connectivity index is 1.71. The molecule has 0 radical (unpaired) electrons. The van der Waals surface area contributed by atoms with E-state index in [1.807, 2.05) is 33.8 Å². The highest BCUT2D eigenvalue weighted by Gasteiger charge is 2.31.